The van der Waals surface area contributed by atoms with Crippen LogP contribution in [0.4, 0.5) is 5.69 Å². The van der Waals surface area contributed by atoms with Crippen molar-refractivity contribution in [2.75, 3.05) is 5.32 Å². The van der Waals surface area contributed by atoms with Crippen LogP contribution >= 0.6 is 0 Å². The summed E-state index contributed by atoms with van der Waals surface area (Å²) in [7, 11) is 0. The first-order valence-electron chi connectivity index (χ1n) is 9.21. The summed E-state index contributed by atoms with van der Waals surface area (Å²) >= 11 is 0. The van der Waals surface area contributed by atoms with Gasteiger partial charge in [-0.1, -0.05) is 36.4 Å². The van der Waals surface area contributed by atoms with E-state index in [1.54, 1.807) is 36.8 Å². The molecule has 4 rings (SSSR count). The summed E-state index contributed by atoms with van der Waals surface area (Å²) in [6.07, 6.45) is 6.43. The number of hydrogen-bond donors (Lipinski definition) is 2. The Morgan fingerprint density at radius 3 is 2.16 bits per heavy atom. The number of carbonyl (C=O) groups is 2. The van der Waals surface area contributed by atoms with Gasteiger partial charge in [-0.2, -0.15) is 0 Å². The molecule has 2 N–H and O–H groups in total. The van der Waals surface area contributed by atoms with E-state index >= 15 is 0 Å². The van der Waals surface area contributed by atoms with E-state index in [-0.39, 0.29) is 40.8 Å². The zero-order valence-corrected chi connectivity index (χ0v) is 15.8. The van der Waals surface area contributed by atoms with E-state index < -0.39 is 11.9 Å². The van der Waals surface area contributed by atoms with Crippen molar-refractivity contribution < 1.29 is 14.7 Å². The molecule has 0 unspecified atom stereocenters. The van der Waals surface area contributed by atoms with Crippen LogP contribution in [0, 0.1) is 0 Å². The molecule has 7 heteroatoms. The maximum atomic E-state index is 12.9. The number of anilines is 1. The Morgan fingerprint density at radius 1 is 0.742 bits per heavy atom. The molecule has 0 spiro atoms. The maximum absolute atomic E-state index is 12.9. The van der Waals surface area contributed by atoms with Crippen LogP contribution in [-0.4, -0.2) is 56.5 Å². The van der Waals surface area contributed by atoms with Crippen molar-refractivity contribution in [2.45, 2.75) is 0 Å². The van der Waals surface area contributed by atoms with Gasteiger partial charge in [-0.25, -0.2) is 4.79 Å². The van der Waals surface area contributed by atoms with Gasteiger partial charge >= 0.3 is 35.5 Å². The number of benzene rings is 2. The second-order valence-corrected chi connectivity index (χ2v) is 6.58. The number of aromatic carboxylic acids is 1. The van der Waals surface area contributed by atoms with Crippen LogP contribution in [0.3, 0.4) is 0 Å². The van der Waals surface area contributed by atoms with Crippen LogP contribution in [0.5, 0.6) is 0 Å². The zero-order chi connectivity index (χ0) is 20.9. The van der Waals surface area contributed by atoms with Crippen molar-refractivity contribution in [1.29, 1.82) is 0 Å². The van der Waals surface area contributed by atoms with Gasteiger partial charge in [0.05, 0.1) is 16.8 Å². The Morgan fingerprint density at radius 2 is 1.45 bits per heavy atom. The molecule has 2 aromatic heterocycles. The van der Waals surface area contributed by atoms with Crippen LogP contribution in [-0.2, 0) is 0 Å². The second-order valence-electron chi connectivity index (χ2n) is 6.58. The number of nitrogens with one attached hydrogen (secondary N) is 1. The van der Waals surface area contributed by atoms with Crippen LogP contribution < -0.4 is 5.32 Å². The molecule has 0 aliphatic rings. The molecule has 6 nitrogen and oxygen atoms in total. The Bertz CT molecular complexity index is 1220. The zero-order valence-electron chi connectivity index (χ0n) is 15.8. The molecular weight excluding hydrogens is 401 g/mol. The Balaban J connectivity index is 0.00000272. The van der Waals surface area contributed by atoms with Gasteiger partial charge in [0.25, 0.3) is 5.91 Å². The molecule has 148 valence electrons. The summed E-state index contributed by atoms with van der Waals surface area (Å²) in [5.74, 6) is -1.56. The quantitative estimate of drug-likeness (QED) is 0.475. The molecule has 1 amide bonds. The first kappa shape index (κ1) is 22.4. The van der Waals surface area contributed by atoms with Crippen molar-refractivity contribution >= 4 is 47.1 Å². The topological polar surface area (TPSA) is 92.2 Å². The molecule has 2 aromatic carbocycles. The number of rotatable bonds is 5. The van der Waals surface area contributed by atoms with Crippen molar-refractivity contribution in [2.24, 2.45) is 0 Å². The predicted molar refractivity (Wildman–Crippen MR) is 121 cm³/mol. The molecule has 0 aliphatic carbocycles. The Kier molecular flexibility index (Phi) is 7.31. The number of carboxylic acid groups (broad SMARTS) is 1. The molecule has 0 atom stereocenters. The number of amides is 1. The number of carbonyl (C=O) groups excluding carboxylic acids is 1. The first-order chi connectivity index (χ1) is 14.6. The van der Waals surface area contributed by atoms with Gasteiger partial charge in [0.1, 0.15) is 0 Å². The van der Waals surface area contributed by atoms with E-state index in [0.29, 0.717) is 5.56 Å². The van der Waals surface area contributed by atoms with Crippen LogP contribution in [0.25, 0.3) is 22.3 Å². The third-order valence-corrected chi connectivity index (χ3v) is 4.62. The van der Waals surface area contributed by atoms with Crippen LogP contribution in [0.15, 0.2) is 91.5 Å². The number of pyridine rings is 2. The predicted octanol–water partition coefficient (Wildman–Crippen LogP) is 4.11. The summed E-state index contributed by atoms with van der Waals surface area (Å²) in [6, 6.07) is 19.8. The molecule has 2 heterocycles. The molecule has 0 saturated carbocycles. The molecule has 0 bridgehead atoms. The molecule has 0 fully saturated rings. The summed E-state index contributed by atoms with van der Waals surface area (Å²) < 4.78 is 0. The molecular formula is C24H18N3NaO3. The molecule has 0 aliphatic heterocycles. The van der Waals surface area contributed by atoms with Crippen molar-refractivity contribution in [1.82, 2.24) is 9.97 Å². The summed E-state index contributed by atoms with van der Waals surface area (Å²) in [5, 5.41) is 12.3. The summed E-state index contributed by atoms with van der Waals surface area (Å²) in [6.45, 7) is 0. The van der Waals surface area contributed by atoms with Gasteiger partial charge in [-0.05, 0) is 47.0 Å². The number of nitrogens with zero attached hydrogens (tertiary/aromatic N) is 2. The molecule has 31 heavy (non-hydrogen) atoms. The molecule has 0 saturated heterocycles. The number of carboxylic acids is 1. The van der Waals surface area contributed by atoms with Gasteiger partial charge in [0.15, 0.2) is 0 Å². The normalized spacial score (nSPS) is 10.1. The van der Waals surface area contributed by atoms with Gasteiger partial charge in [0.2, 0.25) is 0 Å². The average molecular weight is 419 g/mol. The van der Waals surface area contributed by atoms with E-state index in [9.17, 15) is 14.7 Å². The first-order valence-corrected chi connectivity index (χ1v) is 9.21. The number of hydrogen-bond acceptors (Lipinski definition) is 4. The second kappa shape index (κ2) is 10.1. The van der Waals surface area contributed by atoms with E-state index in [4.69, 9.17) is 0 Å². The third-order valence-electron chi connectivity index (χ3n) is 4.62. The van der Waals surface area contributed by atoms with Crippen molar-refractivity contribution in [3.05, 3.63) is 103 Å². The van der Waals surface area contributed by atoms with Gasteiger partial charge < -0.3 is 10.4 Å². The Labute approximate surface area is 201 Å². The fraction of sp³-hybridized carbons (Fsp3) is 0. The third kappa shape index (κ3) is 5.24. The summed E-state index contributed by atoms with van der Waals surface area (Å²) in [4.78, 5) is 32.7. The summed E-state index contributed by atoms with van der Waals surface area (Å²) in [5.41, 5.74) is 3.94. The fourth-order valence-corrected chi connectivity index (χ4v) is 3.11. The minimum atomic E-state index is -1.12. The average Bonchev–Trinajstić information content (AvgIpc) is 2.80. The van der Waals surface area contributed by atoms with E-state index in [1.165, 1.54) is 12.3 Å². The van der Waals surface area contributed by atoms with Gasteiger partial charge in [-0.3, -0.25) is 14.8 Å². The molecule has 4 aromatic rings. The van der Waals surface area contributed by atoms with Crippen molar-refractivity contribution in [3.63, 3.8) is 0 Å². The number of aromatic nitrogens is 2. The van der Waals surface area contributed by atoms with Gasteiger partial charge in [-0.15, -0.1) is 0 Å². The van der Waals surface area contributed by atoms with Gasteiger partial charge in [0, 0.05) is 30.4 Å². The van der Waals surface area contributed by atoms with E-state index in [1.807, 2.05) is 42.5 Å². The van der Waals surface area contributed by atoms with E-state index in [2.05, 4.69) is 15.3 Å². The van der Waals surface area contributed by atoms with Crippen LogP contribution in [0.2, 0.25) is 0 Å². The molecule has 0 radical (unpaired) electrons. The van der Waals surface area contributed by atoms with E-state index in [0.717, 1.165) is 22.3 Å². The van der Waals surface area contributed by atoms with Crippen LogP contribution in [0.1, 0.15) is 20.7 Å². The SMILES string of the molecule is O=C(Nc1cc(-c2ccccc2)ccc1C(=O)O)c1cncc(-c2ccncc2)c1.[NaH]. The standard InChI is InChI=1S/C24H17N3O3.Na.H/c28-23(20-12-19(14-26-15-20)17-8-10-25-11-9-17)27-22-13-18(6-7-21(22)24(29)30)16-4-2-1-3-5-16;;/h1-15H,(H,27,28)(H,29,30);;. The minimum absolute atomic E-state index is 0. The Hall–Kier alpha value is -3.32. The van der Waals surface area contributed by atoms with Crippen molar-refractivity contribution in [3.8, 4) is 22.3 Å². The fourth-order valence-electron chi connectivity index (χ4n) is 3.11. The monoisotopic (exact) mass is 419 g/mol.